The maximum atomic E-state index is 14.1. The number of hydrogen-bond donors (Lipinski definition) is 0. The number of carbonyl (C=O) groups is 2. The number of nitrogens with zero attached hydrogens (tertiary/aromatic N) is 2. The Morgan fingerprint density at radius 2 is 1.74 bits per heavy atom. The molecule has 0 bridgehead atoms. The minimum Gasteiger partial charge on any atom is -0.434 e. The Morgan fingerprint density at radius 3 is 2.26 bits per heavy atom. The maximum Gasteiger partial charge on any atom is 0.513 e. The molecule has 3 heterocycles. The number of hydrogen-bond acceptors (Lipinski definition) is 8. The standard InChI is InChI=1S/C26H36N2O7/c1-7-33-24(30)35-22-21(20-18(3)12-17(2)13-19(20)4)23(29)28(34-16-25(5)14-32-15-25)26(22)8-10-27(31-6)11-9-26/h12-13H,7-11,14-16H2,1-6H3. The number of amides is 1. The Hall–Kier alpha value is -2.46. The first kappa shape index (κ1) is 25.6. The van der Waals surface area contributed by atoms with Crippen molar-refractivity contribution in [3.63, 3.8) is 0 Å². The highest BCUT2D eigenvalue weighted by molar-refractivity contribution is 6.23. The zero-order valence-electron chi connectivity index (χ0n) is 21.6. The molecule has 0 atom stereocenters. The van der Waals surface area contributed by atoms with Crippen LogP contribution in [0.15, 0.2) is 17.9 Å². The summed E-state index contributed by atoms with van der Waals surface area (Å²) in [6.07, 6.45) is 0.120. The van der Waals surface area contributed by atoms with E-state index in [2.05, 4.69) is 6.92 Å². The zero-order chi connectivity index (χ0) is 25.4. The molecule has 0 aromatic heterocycles. The Bertz CT molecular complexity index is 1000. The van der Waals surface area contributed by atoms with Gasteiger partial charge in [-0.25, -0.2) is 9.86 Å². The fourth-order valence-corrected chi connectivity index (χ4v) is 5.29. The first-order chi connectivity index (χ1) is 16.6. The molecular formula is C26H36N2O7. The van der Waals surface area contributed by atoms with Crippen LogP contribution >= 0.6 is 0 Å². The fourth-order valence-electron chi connectivity index (χ4n) is 5.29. The van der Waals surface area contributed by atoms with E-state index in [9.17, 15) is 9.59 Å². The molecule has 35 heavy (non-hydrogen) atoms. The third-order valence-electron chi connectivity index (χ3n) is 7.06. The Morgan fingerprint density at radius 1 is 1.11 bits per heavy atom. The second-order valence-corrected chi connectivity index (χ2v) is 10.1. The van der Waals surface area contributed by atoms with E-state index in [0.29, 0.717) is 57.1 Å². The number of carbonyl (C=O) groups excluding carboxylic acids is 2. The molecule has 1 spiro atoms. The van der Waals surface area contributed by atoms with E-state index in [-0.39, 0.29) is 17.9 Å². The number of piperidine rings is 1. The minimum atomic E-state index is -0.959. The van der Waals surface area contributed by atoms with Crippen molar-refractivity contribution < 1.29 is 33.5 Å². The lowest BCUT2D eigenvalue weighted by molar-refractivity contribution is -0.259. The van der Waals surface area contributed by atoms with Crippen LogP contribution in [-0.4, -0.2) is 74.4 Å². The number of rotatable bonds is 7. The summed E-state index contributed by atoms with van der Waals surface area (Å²) in [6.45, 7) is 12.4. The van der Waals surface area contributed by atoms with Gasteiger partial charge in [-0.1, -0.05) is 24.6 Å². The van der Waals surface area contributed by atoms with E-state index < -0.39 is 11.7 Å². The Labute approximate surface area is 206 Å². The van der Waals surface area contributed by atoms with Gasteiger partial charge in [-0.3, -0.25) is 9.63 Å². The number of benzene rings is 1. The van der Waals surface area contributed by atoms with Gasteiger partial charge >= 0.3 is 6.16 Å². The average molecular weight is 489 g/mol. The molecule has 0 radical (unpaired) electrons. The molecule has 9 nitrogen and oxygen atoms in total. The van der Waals surface area contributed by atoms with Crippen molar-refractivity contribution >= 4 is 17.6 Å². The molecule has 0 aliphatic carbocycles. The zero-order valence-corrected chi connectivity index (χ0v) is 21.6. The van der Waals surface area contributed by atoms with Crippen LogP contribution in [0.3, 0.4) is 0 Å². The predicted octanol–water partition coefficient (Wildman–Crippen LogP) is 3.70. The van der Waals surface area contributed by atoms with Crippen LogP contribution in [-0.2, 0) is 28.7 Å². The third-order valence-corrected chi connectivity index (χ3v) is 7.06. The van der Waals surface area contributed by atoms with E-state index in [0.717, 1.165) is 22.3 Å². The highest BCUT2D eigenvalue weighted by Crippen LogP contribution is 2.49. The van der Waals surface area contributed by atoms with Crippen molar-refractivity contribution in [2.24, 2.45) is 5.41 Å². The van der Waals surface area contributed by atoms with Crippen LogP contribution in [0, 0.1) is 26.2 Å². The van der Waals surface area contributed by atoms with Crippen molar-refractivity contribution in [2.75, 3.05) is 46.6 Å². The van der Waals surface area contributed by atoms with Crippen molar-refractivity contribution in [3.05, 3.63) is 40.1 Å². The summed E-state index contributed by atoms with van der Waals surface area (Å²) >= 11 is 0. The highest BCUT2D eigenvalue weighted by Gasteiger charge is 2.57. The van der Waals surface area contributed by atoms with Crippen LogP contribution < -0.4 is 0 Å². The lowest BCUT2D eigenvalue weighted by Crippen LogP contribution is -2.56. The van der Waals surface area contributed by atoms with E-state index in [1.807, 2.05) is 38.0 Å². The number of hydroxylamine groups is 4. The summed E-state index contributed by atoms with van der Waals surface area (Å²) in [5, 5.41) is 3.28. The summed E-state index contributed by atoms with van der Waals surface area (Å²) < 4.78 is 16.4. The van der Waals surface area contributed by atoms with E-state index in [1.54, 1.807) is 14.0 Å². The summed E-state index contributed by atoms with van der Waals surface area (Å²) in [6, 6.07) is 4.06. The van der Waals surface area contributed by atoms with Gasteiger partial charge in [-0.2, -0.15) is 5.06 Å². The Balaban J connectivity index is 1.84. The van der Waals surface area contributed by atoms with Crippen LogP contribution in [0.4, 0.5) is 4.79 Å². The van der Waals surface area contributed by atoms with Crippen molar-refractivity contribution in [1.29, 1.82) is 0 Å². The third kappa shape index (κ3) is 4.70. The largest absolute Gasteiger partial charge is 0.513 e. The molecule has 2 saturated heterocycles. The quantitative estimate of drug-likeness (QED) is 0.537. The van der Waals surface area contributed by atoms with Gasteiger partial charge in [0.05, 0.1) is 39.1 Å². The first-order valence-corrected chi connectivity index (χ1v) is 12.2. The molecule has 9 heteroatoms. The molecular weight excluding hydrogens is 452 g/mol. The molecule has 0 N–H and O–H groups in total. The monoisotopic (exact) mass is 488 g/mol. The van der Waals surface area contributed by atoms with E-state index in [4.69, 9.17) is 23.9 Å². The van der Waals surface area contributed by atoms with E-state index in [1.165, 1.54) is 5.06 Å². The second-order valence-electron chi connectivity index (χ2n) is 10.1. The molecule has 4 rings (SSSR count). The van der Waals surface area contributed by atoms with Gasteiger partial charge in [0.1, 0.15) is 5.54 Å². The van der Waals surface area contributed by atoms with Gasteiger partial charge in [-0.15, -0.1) is 0 Å². The van der Waals surface area contributed by atoms with Gasteiger partial charge in [0.25, 0.3) is 5.91 Å². The molecule has 0 unspecified atom stereocenters. The van der Waals surface area contributed by atoms with Gasteiger partial charge in [0.2, 0.25) is 0 Å². The summed E-state index contributed by atoms with van der Waals surface area (Å²) in [5.74, 6) is -0.0178. The summed E-state index contributed by atoms with van der Waals surface area (Å²) in [7, 11) is 1.62. The topological polar surface area (TPSA) is 86.8 Å². The van der Waals surface area contributed by atoms with Crippen molar-refractivity contribution in [1.82, 2.24) is 10.1 Å². The molecule has 1 amide bonds. The summed E-state index contributed by atoms with van der Waals surface area (Å²) in [5.41, 5.74) is 2.94. The first-order valence-electron chi connectivity index (χ1n) is 12.2. The summed E-state index contributed by atoms with van der Waals surface area (Å²) in [4.78, 5) is 38.5. The SMILES string of the molecule is CCOC(=O)OC1=C(c2c(C)cc(C)cc2C)C(=O)N(OCC2(C)COC2)C12CCN(OC)CC2. The molecule has 0 saturated carbocycles. The van der Waals surface area contributed by atoms with Gasteiger partial charge in [-0.05, 0) is 57.2 Å². The van der Waals surface area contributed by atoms with Crippen molar-refractivity contribution in [2.45, 2.75) is 53.0 Å². The number of ether oxygens (including phenoxy) is 3. The molecule has 3 aliphatic heterocycles. The lowest BCUT2D eigenvalue weighted by atomic mass is 9.84. The predicted molar refractivity (Wildman–Crippen MR) is 128 cm³/mol. The van der Waals surface area contributed by atoms with E-state index >= 15 is 0 Å². The molecule has 1 aromatic rings. The minimum absolute atomic E-state index is 0.168. The Kier molecular flexibility index (Phi) is 7.24. The smallest absolute Gasteiger partial charge is 0.434 e. The molecule has 192 valence electrons. The van der Waals surface area contributed by atoms with Crippen LogP contribution in [0.5, 0.6) is 0 Å². The van der Waals surface area contributed by atoms with Crippen LogP contribution in [0.2, 0.25) is 0 Å². The van der Waals surface area contributed by atoms with Gasteiger partial charge < -0.3 is 19.0 Å². The van der Waals surface area contributed by atoms with Gasteiger partial charge in [0, 0.05) is 18.5 Å². The van der Waals surface area contributed by atoms with Gasteiger partial charge in [0.15, 0.2) is 5.76 Å². The molecule has 3 aliphatic rings. The van der Waals surface area contributed by atoms with Crippen LogP contribution in [0.1, 0.15) is 48.9 Å². The average Bonchev–Trinajstić information content (AvgIpc) is 2.98. The molecule has 2 fully saturated rings. The fraction of sp³-hybridized carbons (Fsp3) is 0.615. The van der Waals surface area contributed by atoms with Crippen molar-refractivity contribution in [3.8, 4) is 0 Å². The number of aryl methyl sites for hydroxylation is 3. The maximum absolute atomic E-state index is 14.1. The normalized spacial score (nSPS) is 21.4. The van der Waals surface area contributed by atoms with Crippen LogP contribution in [0.25, 0.3) is 5.57 Å². The lowest BCUT2D eigenvalue weighted by Gasteiger charge is -2.45. The highest BCUT2D eigenvalue weighted by atomic mass is 16.7. The second kappa shape index (κ2) is 9.89. The molecule has 1 aromatic carbocycles.